The van der Waals surface area contributed by atoms with E-state index in [1.807, 2.05) is 5.38 Å². The van der Waals surface area contributed by atoms with Gasteiger partial charge >= 0.3 is 0 Å². The number of ether oxygens (including phenoxy) is 1. The third-order valence-electron chi connectivity index (χ3n) is 2.90. The fourth-order valence-electron chi connectivity index (χ4n) is 1.74. The molecule has 20 heavy (non-hydrogen) atoms. The smallest absolute Gasteiger partial charge is 0.165 e. The highest BCUT2D eigenvalue weighted by atomic mass is 32.1. The van der Waals surface area contributed by atoms with Crippen molar-refractivity contribution in [3.05, 3.63) is 52.0 Å². The predicted molar refractivity (Wildman–Crippen MR) is 78.7 cm³/mol. The van der Waals surface area contributed by atoms with Crippen LogP contribution >= 0.6 is 11.3 Å². The summed E-state index contributed by atoms with van der Waals surface area (Å²) < 4.78 is 18.5. The normalized spacial score (nSPS) is 12.3. The molecule has 0 aliphatic rings. The van der Waals surface area contributed by atoms with Crippen molar-refractivity contribution in [3.63, 3.8) is 0 Å². The summed E-state index contributed by atoms with van der Waals surface area (Å²) in [5.74, 6) is -0.248. The van der Waals surface area contributed by atoms with Crippen LogP contribution in [-0.2, 0) is 6.54 Å². The first-order chi connectivity index (χ1) is 9.66. The summed E-state index contributed by atoms with van der Waals surface area (Å²) in [5.41, 5.74) is 1.25. The van der Waals surface area contributed by atoms with E-state index in [0.29, 0.717) is 6.54 Å². The van der Waals surface area contributed by atoms with E-state index in [1.165, 1.54) is 16.5 Å². The largest absolute Gasteiger partial charge is 0.488 e. The van der Waals surface area contributed by atoms with Crippen molar-refractivity contribution >= 4 is 11.3 Å². The molecule has 0 saturated heterocycles. The average molecular weight is 295 g/mol. The minimum atomic E-state index is -0.671. The Morgan fingerprint density at radius 1 is 1.35 bits per heavy atom. The number of para-hydroxylation sites is 1. The second kappa shape index (κ2) is 7.38. The molecule has 3 nitrogen and oxygen atoms in total. The van der Waals surface area contributed by atoms with Crippen molar-refractivity contribution in [2.45, 2.75) is 19.6 Å². The molecule has 108 valence electrons. The number of thiophene rings is 1. The molecular formula is C15H18FNO2S. The zero-order chi connectivity index (χ0) is 14.4. The van der Waals surface area contributed by atoms with E-state index < -0.39 is 11.9 Å². The number of halogens is 1. The Hall–Kier alpha value is -1.43. The molecule has 0 spiro atoms. The second-order valence-electron chi connectivity index (χ2n) is 4.55. The molecule has 1 aromatic carbocycles. The lowest BCUT2D eigenvalue weighted by Crippen LogP contribution is -2.31. The summed E-state index contributed by atoms with van der Waals surface area (Å²) in [6.07, 6.45) is -0.671. The Morgan fingerprint density at radius 3 is 2.85 bits per heavy atom. The van der Waals surface area contributed by atoms with Crippen molar-refractivity contribution in [1.29, 1.82) is 0 Å². The number of aliphatic hydroxyl groups excluding tert-OH is 1. The molecule has 0 radical (unpaired) electrons. The van der Waals surface area contributed by atoms with Gasteiger partial charge in [0.25, 0.3) is 0 Å². The summed E-state index contributed by atoms with van der Waals surface area (Å²) >= 11 is 1.69. The van der Waals surface area contributed by atoms with E-state index in [0.717, 1.165) is 6.54 Å². The number of benzene rings is 1. The van der Waals surface area contributed by atoms with Gasteiger partial charge in [0.15, 0.2) is 11.6 Å². The van der Waals surface area contributed by atoms with E-state index in [1.54, 1.807) is 29.5 Å². The van der Waals surface area contributed by atoms with Gasteiger partial charge in [-0.15, -0.1) is 11.3 Å². The van der Waals surface area contributed by atoms with Crippen molar-refractivity contribution < 1.29 is 14.2 Å². The Bertz CT molecular complexity index is 544. The average Bonchev–Trinajstić information content (AvgIpc) is 2.84. The first-order valence-electron chi connectivity index (χ1n) is 6.46. The first-order valence-corrected chi connectivity index (χ1v) is 7.34. The fourth-order valence-corrected chi connectivity index (χ4v) is 2.62. The van der Waals surface area contributed by atoms with Crippen molar-refractivity contribution in [3.8, 4) is 5.75 Å². The van der Waals surface area contributed by atoms with E-state index in [4.69, 9.17) is 4.74 Å². The van der Waals surface area contributed by atoms with E-state index in [2.05, 4.69) is 18.3 Å². The van der Waals surface area contributed by atoms with Gasteiger partial charge in [0, 0.05) is 18.0 Å². The van der Waals surface area contributed by atoms with Crippen LogP contribution in [0, 0.1) is 12.7 Å². The van der Waals surface area contributed by atoms with Crippen LogP contribution in [0.5, 0.6) is 5.75 Å². The molecule has 5 heteroatoms. The maximum Gasteiger partial charge on any atom is 0.165 e. The van der Waals surface area contributed by atoms with Gasteiger partial charge in [-0.05, 0) is 36.1 Å². The highest BCUT2D eigenvalue weighted by Crippen LogP contribution is 2.16. The molecule has 0 amide bonds. The second-order valence-corrected chi connectivity index (χ2v) is 5.55. The van der Waals surface area contributed by atoms with Gasteiger partial charge in [-0.1, -0.05) is 12.1 Å². The number of nitrogens with one attached hydrogen (secondary N) is 1. The zero-order valence-corrected chi connectivity index (χ0v) is 12.1. The molecule has 1 unspecified atom stereocenters. The van der Waals surface area contributed by atoms with Crippen LogP contribution in [0.1, 0.15) is 10.4 Å². The lowest BCUT2D eigenvalue weighted by Gasteiger charge is -2.13. The predicted octanol–water partition coefficient (Wildman–Crippen LogP) is 2.73. The van der Waals surface area contributed by atoms with Gasteiger partial charge in [-0.2, -0.15) is 0 Å². The molecule has 2 N–H and O–H groups in total. The fraction of sp³-hybridized carbons (Fsp3) is 0.333. The molecule has 2 aromatic rings. The maximum atomic E-state index is 13.3. The van der Waals surface area contributed by atoms with E-state index in [9.17, 15) is 9.50 Å². The van der Waals surface area contributed by atoms with Crippen molar-refractivity contribution in [2.75, 3.05) is 13.2 Å². The molecule has 1 heterocycles. The van der Waals surface area contributed by atoms with Gasteiger partial charge in [0.1, 0.15) is 12.7 Å². The number of hydrogen-bond acceptors (Lipinski definition) is 4. The number of rotatable bonds is 7. The van der Waals surface area contributed by atoms with Gasteiger partial charge in [0.05, 0.1) is 0 Å². The minimum Gasteiger partial charge on any atom is -0.488 e. The number of hydrogen-bond donors (Lipinski definition) is 2. The summed E-state index contributed by atoms with van der Waals surface area (Å²) in [7, 11) is 0. The van der Waals surface area contributed by atoms with E-state index >= 15 is 0 Å². The van der Waals surface area contributed by atoms with Crippen LogP contribution in [0.15, 0.2) is 35.7 Å². The lowest BCUT2D eigenvalue weighted by atomic mass is 10.3. The highest BCUT2D eigenvalue weighted by Gasteiger charge is 2.08. The van der Waals surface area contributed by atoms with Crippen LogP contribution in [0.3, 0.4) is 0 Å². The molecule has 0 bridgehead atoms. The summed E-state index contributed by atoms with van der Waals surface area (Å²) in [6.45, 7) is 3.26. The van der Waals surface area contributed by atoms with E-state index in [-0.39, 0.29) is 12.4 Å². The van der Waals surface area contributed by atoms with Crippen LogP contribution in [-0.4, -0.2) is 24.4 Å². The van der Waals surface area contributed by atoms with Gasteiger partial charge in [0.2, 0.25) is 0 Å². The molecule has 0 saturated carbocycles. The molecule has 1 aromatic heterocycles. The molecule has 2 rings (SSSR count). The number of aliphatic hydroxyl groups is 1. The van der Waals surface area contributed by atoms with Gasteiger partial charge < -0.3 is 15.2 Å². The van der Waals surface area contributed by atoms with Crippen LogP contribution in [0.25, 0.3) is 0 Å². The molecule has 0 fully saturated rings. The minimum absolute atomic E-state index is 0.0668. The Morgan fingerprint density at radius 2 is 2.15 bits per heavy atom. The molecule has 0 aliphatic heterocycles. The van der Waals surface area contributed by atoms with Gasteiger partial charge in [-0.3, -0.25) is 0 Å². The summed E-state index contributed by atoms with van der Waals surface area (Å²) in [6, 6.07) is 8.25. The monoisotopic (exact) mass is 295 g/mol. The van der Waals surface area contributed by atoms with Crippen molar-refractivity contribution in [1.82, 2.24) is 5.32 Å². The Labute approximate surface area is 122 Å². The standard InChI is InChI=1S/C15H18FNO2S/c1-11-6-7-20-15(11)9-17-8-12(18)10-19-14-5-3-2-4-13(14)16/h2-7,12,17-18H,8-10H2,1H3. The first kappa shape index (κ1) is 15.0. The topological polar surface area (TPSA) is 41.5 Å². The van der Waals surface area contributed by atoms with Gasteiger partial charge in [-0.25, -0.2) is 4.39 Å². The third-order valence-corrected chi connectivity index (χ3v) is 3.92. The molecule has 0 aliphatic carbocycles. The summed E-state index contributed by atoms with van der Waals surface area (Å²) in [5, 5.41) is 15.0. The molecule has 1 atom stereocenters. The zero-order valence-electron chi connectivity index (χ0n) is 11.3. The third kappa shape index (κ3) is 4.30. The number of aryl methyl sites for hydroxylation is 1. The highest BCUT2D eigenvalue weighted by molar-refractivity contribution is 7.10. The van der Waals surface area contributed by atoms with Crippen LogP contribution in [0.4, 0.5) is 4.39 Å². The molecular weight excluding hydrogens is 277 g/mol. The SMILES string of the molecule is Cc1ccsc1CNCC(O)COc1ccccc1F. The van der Waals surface area contributed by atoms with Crippen molar-refractivity contribution in [2.24, 2.45) is 0 Å². The Kier molecular flexibility index (Phi) is 5.52. The van der Waals surface area contributed by atoms with Crippen LogP contribution < -0.4 is 10.1 Å². The summed E-state index contributed by atoms with van der Waals surface area (Å²) in [4.78, 5) is 1.26. The van der Waals surface area contributed by atoms with Crippen LogP contribution in [0.2, 0.25) is 0 Å². The quantitative estimate of drug-likeness (QED) is 0.825. The maximum absolute atomic E-state index is 13.3. The Balaban J connectivity index is 1.69. The lowest BCUT2D eigenvalue weighted by molar-refractivity contribution is 0.104.